The van der Waals surface area contributed by atoms with Crippen molar-refractivity contribution in [2.24, 2.45) is 0 Å². The van der Waals surface area contributed by atoms with Gasteiger partial charge in [-0.2, -0.15) is 0 Å². The minimum absolute atomic E-state index is 0.0535. The van der Waals surface area contributed by atoms with Gasteiger partial charge in [-0.05, 0) is 71.7 Å². The van der Waals surface area contributed by atoms with E-state index in [1.807, 2.05) is 33.8 Å². The lowest BCUT2D eigenvalue weighted by molar-refractivity contribution is -0.139. The van der Waals surface area contributed by atoms with Crippen molar-refractivity contribution in [1.29, 1.82) is 0 Å². The van der Waals surface area contributed by atoms with Gasteiger partial charge in [0.05, 0.1) is 0 Å². The zero-order chi connectivity index (χ0) is 28.0. The topological polar surface area (TPSA) is 108 Å². The number of alkyl carbamates (subject to hydrolysis) is 1. The zero-order valence-corrected chi connectivity index (χ0v) is 22.6. The Labute approximate surface area is 219 Å². The summed E-state index contributed by atoms with van der Waals surface area (Å²) in [7, 11) is 0. The number of rotatable bonds is 7. The number of amides is 3. The first-order chi connectivity index (χ1) is 17.1. The molecule has 2 unspecified atom stereocenters. The van der Waals surface area contributed by atoms with Crippen molar-refractivity contribution in [2.75, 3.05) is 0 Å². The van der Waals surface area contributed by atoms with E-state index in [9.17, 15) is 19.5 Å². The normalized spacial score (nSPS) is 13.0. The van der Waals surface area contributed by atoms with Crippen molar-refractivity contribution in [3.8, 4) is 18.2 Å². The summed E-state index contributed by atoms with van der Waals surface area (Å²) in [5.74, 6) is -1.04. The largest absolute Gasteiger partial charge is 0.508 e. The van der Waals surface area contributed by atoms with Crippen LogP contribution < -0.4 is 10.6 Å². The Morgan fingerprint density at radius 3 is 2.19 bits per heavy atom. The van der Waals surface area contributed by atoms with Gasteiger partial charge in [0.25, 0.3) is 5.91 Å². The maximum absolute atomic E-state index is 13.9. The van der Waals surface area contributed by atoms with Gasteiger partial charge in [0.15, 0.2) is 0 Å². The highest BCUT2D eigenvalue weighted by molar-refractivity contribution is 5.93. The zero-order valence-electron chi connectivity index (χ0n) is 22.6. The van der Waals surface area contributed by atoms with Gasteiger partial charge in [0, 0.05) is 18.0 Å². The van der Waals surface area contributed by atoms with Gasteiger partial charge in [-0.25, -0.2) is 4.79 Å². The first-order valence-electron chi connectivity index (χ1n) is 12.0. The number of aryl methyl sites for hydroxylation is 1. The molecule has 2 atom stereocenters. The average Bonchev–Trinajstić information content (AvgIpc) is 2.75. The molecule has 0 spiro atoms. The number of carbonyl (C=O) groups excluding carboxylic acids is 3. The van der Waals surface area contributed by atoms with E-state index in [1.54, 1.807) is 51.1 Å². The number of nitrogens with zero attached hydrogens (tertiary/aromatic N) is 1. The van der Waals surface area contributed by atoms with Crippen LogP contribution >= 0.6 is 0 Å². The van der Waals surface area contributed by atoms with E-state index in [-0.39, 0.29) is 12.2 Å². The summed E-state index contributed by atoms with van der Waals surface area (Å²) in [5.41, 5.74) is 0.716. The summed E-state index contributed by atoms with van der Waals surface area (Å²) >= 11 is 0. The summed E-state index contributed by atoms with van der Waals surface area (Å²) in [5, 5.41) is 15.2. The number of terminal acetylenes is 1. The number of aromatic hydroxyl groups is 1. The SMILES string of the molecule is C#CN(C(=O)C(Cc1ccc(O)cc1)NC(=O)OC(C)(C)C)C(C(=O)NC(C)(C)C)c1cccc(C)c1. The third-order valence-corrected chi connectivity index (χ3v) is 5.10. The molecule has 0 heterocycles. The van der Waals surface area contributed by atoms with Crippen LogP contribution in [0.1, 0.15) is 64.3 Å². The Bertz CT molecular complexity index is 1150. The fourth-order valence-electron chi connectivity index (χ4n) is 3.65. The fourth-order valence-corrected chi connectivity index (χ4v) is 3.65. The molecule has 8 nitrogen and oxygen atoms in total. The fraction of sp³-hybridized carbons (Fsp3) is 0.414. The summed E-state index contributed by atoms with van der Waals surface area (Å²) in [4.78, 5) is 41.0. The highest BCUT2D eigenvalue weighted by atomic mass is 16.6. The Morgan fingerprint density at radius 2 is 1.68 bits per heavy atom. The number of carbonyl (C=O) groups is 3. The van der Waals surface area contributed by atoms with Crippen LogP contribution in [-0.2, 0) is 20.7 Å². The molecule has 0 saturated heterocycles. The second-order valence-electron chi connectivity index (χ2n) is 11.0. The quantitative estimate of drug-likeness (QED) is 0.384. The summed E-state index contributed by atoms with van der Waals surface area (Å²) < 4.78 is 5.37. The summed E-state index contributed by atoms with van der Waals surface area (Å²) in [6.07, 6.45) is 5.09. The Balaban J connectivity index is 2.51. The molecule has 3 amide bonds. The summed E-state index contributed by atoms with van der Waals surface area (Å²) in [6, 6.07) is 13.5. The van der Waals surface area contributed by atoms with Crippen LogP contribution in [0.15, 0.2) is 48.5 Å². The molecule has 8 heteroatoms. The molecule has 0 bridgehead atoms. The van der Waals surface area contributed by atoms with Gasteiger partial charge >= 0.3 is 6.09 Å². The second kappa shape index (κ2) is 11.8. The minimum Gasteiger partial charge on any atom is -0.508 e. The van der Waals surface area contributed by atoms with Gasteiger partial charge in [-0.15, -0.1) is 0 Å². The predicted octanol–water partition coefficient (Wildman–Crippen LogP) is 4.21. The van der Waals surface area contributed by atoms with E-state index >= 15 is 0 Å². The minimum atomic E-state index is -1.15. The molecule has 2 aromatic carbocycles. The molecule has 0 aliphatic heterocycles. The molecule has 0 saturated carbocycles. The van der Waals surface area contributed by atoms with Crippen LogP contribution in [0, 0.1) is 19.4 Å². The van der Waals surface area contributed by atoms with E-state index in [1.165, 1.54) is 12.1 Å². The van der Waals surface area contributed by atoms with Crippen molar-refractivity contribution >= 4 is 17.9 Å². The van der Waals surface area contributed by atoms with Crippen LogP contribution in [0.25, 0.3) is 0 Å². The number of hydrogen-bond donors (Lipinski definition) is 3. The molecule has 37 heavy (non-hydrogen) atoms. The number of phenols is 1. The molecule has 3 N–H and O–H groups in total. The van der Waals surface area contributed by atoms with Crippen LogP contribution in [-0.4, -0.2) is 45.1 Å². The van der Waals surface area contributed by atoms with Gasteiger partial charge < -0.3 is 20.5 Å². The third kappa shape index (κ3) is 9.19. The lowest BCUT2D eigenvalue weighted by Gasteiger charge is -2.32. The molecule has 198 valence electrons. The molecule has 0 aromatic heterocycles. The van der Waals surface area contributed by atoms with Crippen molar-refractivity contribution in [1.82, 2.24) is 15.5 Å². The Hall–Kier alpha value is -3.99. The molecule has 0 radical (unpaired) electrons. The smallest absolute Gasteiger partial charge is 0.408 e. The highest BCUT2D eigenvalue weighted by Gasteiger charge is 2.37. The van der Waals surface area contributed by atoms with Crippen LogP contribution in [0.3, 0.4) is 0 Å². The summed E-state index contributed by atoms with van der Waals surface area (Å²) in [6.45, 7) is 12.5. The third-order valence-electron chi connectivity index (χ3n) is 5.10. The molecule has 0 aliphatic rings. The second-order valence-corrected chi connectivity index (χ2v) is 11.0. The van der Waals surface area contributed by atoms with E-state index in [0.29, 0.717) is 11.1 Å². The molecular weight excluding hydrogens is 470 g/mol. The Morgan fingerprint density at radius 1 is 1.05 bits per heavy atom. The van der Waals surface area contributed by atoms with E-state index < -0.39 is 41.1 Å². The number of phenolic OH excluding ortho intramolecular Hbond substituents is 1. The molecule has 2 rings (SSSR count). The number of ether oxygens (including phenoxy) is 1. The van der Waals surface area contributed by atoms with Crippen LogP contribution in [0.5, 0.6) is 5.75 Å². The van der Waals surface area contributed by atoms with Gasteiger partial charge in [0.2, 0.25) is 5.91 Å². The van der Waals surface area contributed by atoms with Crippen molar-refractivity contribution in [3.63, 3.8) is 0 Å². The maximum atomic E-state index is 13.9. The number of nitrogens with one attached hydrogen (secondary N) is 2. The molecule has 0 fully saturated rings. The van der Waals surface area contributed by atoms with Gasteiger partial charge in [-0.3, -0.25) is 14.5 Å². The lowest BCUT2D eigenvalue weighted by Crippen LogP contribution is -2.53. The molecular formula is C29H37N3O5. The number of benzene rings is 2. The number of hydrogen-bond acceptors (Lipinski definition) is 5. The first kappa shape index (κ1) is 29.2. The maximum Gasteiger partial charge on any atom is 0.408 e. The molecule has 2 aromatic rings. The van der Waals surface area contributed by atoms with E-state index in [0.717, 1.165) is 10.5 Å². The van der Waals surface area contributed by atoms with Crippen LogP contribution in [0.2, 0.25) is 0 Å². The first-order valence-corrected chi connectivity index (χ1v) is 12.0. The predicted molar refractivity (Wildman–Crippen MR) is 142 cm³/mol. The lowest BCUT2D eigenvalue weighted by atomic mass is 9.98. The van der Waals surface area contributed by atoms with Crippen LogP contribution in [0.4, 0.5) is 4.79 Å². The van der Waals surface area contributed by atoms with E-state index in [2.05, 4.69) is 16.7 Å². The van der Waals surface area contributed by atoms with Gasteiger partial charge in [-0.1, -0.05) is 48.4 Å². The van der Waals surface area contributed by atoms with E-state index in [4.69, 9.17) is 11.2 Å². The van der Waals surface area contributed by atoms with Gasteiger partial charge in [0.1, 0.15) is 23.4 Å². The van der Waals surface area contributed by atoms with Crippen molar-refractivity contribution in [3.05, 3.63) is 65.2 Å². The average molecular weight is 508 g/mol. The monoisotopic (exact) mass is 507 g/mol. The molecule has 0 aliphatic carbocycles. The standard InChI is InChI=1S/C29H37N3O5/c1-9-32(24(25(34)31-28(3,4)5)21-12-10-11-19(2)17-21)26(35)23(30-27(36)37-29(6,7)8)18-20-13-15-22(33)16-14-20/h1,10-17,23-24,33H,18H2,2-8H3,(H,30,36)(H,31,34). The van der Waals surface area contributed by atoms with Crippen molar-refractivity contribution < 1.29 is 24.2 Å². The Kier molecular flexibility index (Phi) is 9.35. The van der Waals surface area contributed by atoms with Crippen molar-refractivity contribution in [2.45, 2.75) is 78.1 Å². The highest BCUT2D eigenvalue weighted by Crippen LogP contribution is 2.25.